The molecule has 0 saturated carbocycles. The van der Waals surface area contributed by atoms with Gasteiger partial charge in [0, 0.05) is 4.90 Å². The third-order valence-corrected chi connectivity index (χ3v) is 3.35. The van der Waals surface area contributed by atoms with Gasteiger partial charge in [-0.3, -0.25) is 0 Å². The molecule has 0 aliphatic heterocycles. The quantitative estimate of drug-likeness (QED) is 0.529. The van der Waals surface area contributed by atoms with Gasteiger partial charge >= 0.3 is 0 Å². The number of thioether (sulfide) groups is 1. The van der Waals surface area contributed by atoms with Crippen LogP contribution in [0.2, 0.25) is 0 Å². The van der Waals surface area contributed by atoms with Gasteiger partial charge in [0.2, 0.25) is 0 Å². The summed E-state index contributed by atoms with van der Waals surface area (Å²) in [5.74, 6) is 2.20. The van der Waals surface area contributed by atoms with Crippen LogP contribution < -0.4 is 4.74 Å². The third-order valence-electron chi connectivity index (χ3n) is 2.49. The highest BCUT2D eigenvalue weighted by atomic mass is 32.2. The maximum absolute atomic E-state index is 5.83. The molecule has 1 aromatic carbocycles. The van der Waals surface area contributed by atoms with Gasteiger partial charge in [0.25, 0.3) is 0 Å². The largest absolute Gasteiger partial charge is 0.493 e. The monoisotopic (exact) mass is 238 g/mol. The SMILES string of the molecule is CCCCOc1c(C)cc(SCC)cc1C. The Kier molecular flexibility index (Phi) is 5.75. The summed E-state index contributed by atoms with van der Waals surface area (Å²) in [5, 5.41) is 0. The molecule has 0 saturated heterocycles. The van der Waals surface area contributed by atoms with Crippen LogP contribution in [0.15, 0.2) is 17.0 Å². The molecule has 0 fully saturated rings. The standard InChI is InChI=1S/C14H22OS/c1-5-7-8-15-14-11(3)9-13(16-6-2)10-12(14)4/h9-10H,5-8H2,1-4H3. The van der Waals surface area contributed by atoms with E-state index in [1.807, 2.05) is 11.8 Å². The fourth-order valence-electron chi connectivity index (χ4n) is 1.71. The number of unbranched alkanes of at least 4 members (excludes halogenated alkanes) is 1. The highest BCUT2D eigenvalue weighted by Crippen LogP contribution is 2.29. The summed E-state index contributed by atoms with van der Waals surface area (Å²) >= 11 is 1.89. The van der Waals surface area contributed by atoms with E-state index in [1.165, 1.54) is 22.4 Å². The molecule has 0 aliphatic carbocycles. The van der Waals surface area contributed by atoms with Crippen LogP contribution in [0.5, 0.6) is 5.75 Å². The minimum absolute atomic E-state index is 0.832. The van der Waals surface area contributed by atoms with E-state index in [1.54, 1.807) is 0 Å². The molecule has 0 atom stereocenters. The maximum atomic E-state index is 5.83. The molecule has 1 nitrogen and oxygen atoms in total. The number of hydrogen-bond acceptors (Lipinski definition) is 2. The van der Waals surface area contributed by atoms with Crippen LogP contribution in [-0.2, 0) is 0 Å². The first-order valence-corrected chi connectivity index (χ1v) is 7.04. The van der Waals surface area contributed by atoms with Crippen LogP contribution in [0, 0.1) is 13.8 Å². The lowest BCUT2D eigenvalue weighted by Crippen LogP contribution is -2.00. The van der Waals surface area contributed by atoms with Crippen molar-refractivity contribution in [3.63, 3.8) is 0 Å². The first-order valence-electron chi connectivity index (χ1n) is 6.05. The lowest BCUT2D eigenvalue weighted by atomic mass is 10.1. The number of benzene rings is 1. The first-order chi connectivity index (χ1) is 7.69. The van der Waals surface area contributed by atoms with Crippen LogP contribution in [-0.4, -0.2) is 12.4 Å². The van der Waals surface area contributed by atoms with E-state index in [9.17, 15) is 0 Å². The van der Waals surface area contributed by atoms with E-state index >= 15 is 0 Å². The van der Waals surface area contributed by atoms with Gasteiger partial charge < -0.3 is 4.74 Å². The summed E-state index contributed by atoms with van der Waals surface area (Å²) in [5.41, 5.74) is 2.51. The molecule has 2 heteroatoms. The predicted molar refractivity (Wildman–Crippen MR) is 72.7 cm³/mol. The Hall–Kier alpha value is -0.630. The van der Waals surface area contributed by atoms with E-state index in [0.29, 0.717) is 0 Å². The highest BCUT2D eigenvalue weighted by Gasteiger charge is 2.06. The van der Waals surface area contributed by atoms with Crippen molar-refractivity contribution in [2.45, 2.75) is 45.4 Å². The van der Waals surface area contributed by atoms with Crippen LogP contribution in [0.3, 0.4) is 0 Å². The average molecular weight is 238 g/mol. The molecule has 0 spiro atoms. The predicted octanol–water partition coefficient (Wildman–Crippen LogP) is 4.59. The number of hydrogen-bond donors (Lipinski definition) is 0. The molecule has 0 aromatic heterocycles. The number of rotatable bonds is 6. The van der Waals surface area contributed by atoms with Crippen molar-refractivity contribution in [3.05, 3.63) is 23.3 Å². The van der Waals surface area contributed by atoms with Gasteiger partial charge in [-0.2, -0.15) is 0 Å². The summed E-state index contributed by atoms with van der Waals surface area (Å²) < 4.78 is 5.83. The molecule has 0 unspecified atom stereocenters. The number of ether oxygens (including phenoxy) is 1. The molecule has 0 bridgehead atoms. The highest BCUT2D eigenvalue weighted by molar-refractivity contribution is 7.99. The minimum Gasteiger partial charge on any atom is -0.493 e. The van der Waals surface area contributed by atoms with E-state index < -0.39 is 0 Å². The Morgan fingerprint density at radius 2 is 1.75 bits per heavy atom. The lowest BCUT2D eigenvalue weighted by molar-refractivity contribution is 0.305. The second kappa shape index (κ2) is 6.85. The van der Waals surface area contributed by atoms with Crippen LogP contribution in [0.25, 0.3) is 0 Å². The Balaban J connectivity index is 2.77. The first kappa shape index (κ1) is 13.4. The van der Waals surface area contributed by atoms with Gasteiger partial charge in [-0.05, 0) is 49.3 Å². The fourth-order valence-corrected chi connectivity index (χ4v) is 2.56. The fraction of sp³-hybridized carbons (Fsp3) is 0.571. The second-order valence-corrected chi connectivity index (χ2v) is 5.36. The van der Waals surface area contributed by atoms with Crippen LogP contribution in [0.4, 0.5) is 0 Å². The van der Waals surface area contributed by atoms with Gasteiger partial charge in [-0.15, -0.1) is 11.8 Å². The Bertz CT molecular complexity index is 311. The topological polar surface area (TPSA) is 9.23 Å². The molecule has 0 amide bonds. The van der Waals surface area contributed by atoms with E-state index in [4.69, 9.17) is 4.74 Å². The molecule has 0 N–H and O–H groups in total. The molecule has 0 radical (unpaired) electrons. The van der Waals surface area contributed by atoms with Crippen molar-refractivity contribution in [2.24, 2.45) is 0 Å². The van der Waals surface area contributed by atoms with E-state index in [0.717, 1.165) is 24.5 Å². The normalized spacial score (nSPS) is 10.5. The van der Waals surface area contributed by atoms with Crippen molar-refractivity contribution in [1.29, 1.82) is 0 Å². The maximum Gasteiger partial charge on any atom is 0.125 e. The van der Waals surface area contributed by atoms with Crippen molar-refractivity contribution in [2.75, 3.05) is 12.4 Å². The smallest absolute Gasteiger partial charge is 0.125 e. The summed E-state index contributed by atoms with van der Waals surface area (Å²) in [6.07, 6.45) is 2.31. The molecule has 0 aliphatic rings. The average Bonchev–Trinajstić information content (AvgIpc) is 2.23. The Morgan fingerprint density at radius 1 is 1.12 bits per heavy atom. The van der Waals surface area contributed by atoms with Gasteiger partial charge in [0.05, 0.1) is 6.61 Å². The summed E-state index contributed by atoms with van der Waals surface area (Å²) in [7, 11) is 0. The zero-order valence-electron chi connectivity index (χ0n) is 10.8. The van der Waals surface area contributed by atoms with Crippen LogP contribution >= 0.6 is 11.8 Å². The van der Waals surface area contributed by atoms with Crippen molar-refractivity contribution in [1.82, 2.24) is 0 Å². The lowest BCUT2D eigenvalue weighted by Gasteiger charge is -2.13. The molecule has 0 heterocycles. The van der Waals surface area contributed by atoms with Gasteiger partial charge in [-0.1, -0.05) is 20.3 Å². The molecule has 1 aromatic rings. The van der Waals surface area contributed by atoms with Crippen molar-refractivity contribution in [3.8, 4) is 5.75 Å². The summed E-state index contributed by atoms with van der Waals surface area (Å²) in [6.45, 7) is 9.46. The van der Waals surface area contributed by atoms with E-state index in [-0.39, 0.29) is 0 Å². The molecule has 1 rings (SSSR count). The molecule has 90 valence electrons. The molecular formula is C14H22OS. The minimum atomic E-state index is 0.832. The van der Waals surface area contributed by atoms with Crippen LogP contribution in [0.1, 0.15) is 37.8 Å². The Labute approximate surface area is 104 Å². The van der Waals surface area contributed by atoms with Crippen molar-refractivity contribution >= 4 is 11.8 Å². The number of aryl methyl sites for hydroxylation is 2. The Morgan fingerprint density at radius 3 is 2.25 bits per heavy atom. The van der Waals surface area contributed by atoms with Gasteiger partial charge in [0.1, 0.15) is 5.75 Å². The summed E-state index contributed by atoms with van der Waals surface area (Å²) in [6, 6.07) is 4.45. The zero-order valence-corrected chi connectivity index (χ0v) is 11.6. The molecular weight excluding hydrogens is 216 g/mol. The summed E-state index contributed by atoms with van der Waals surface area (Å²) in [4.78, 5) is 1.35. The molecule has 16 heavy (non-hydrogen) atoms. The second-order valence-electron chi connectivity index (χ2n) is 4.02. The third kappa shape index (κ3) is 3.75. The zero-order chi connectivity index (χ0) is 12.0. The van der Waals surface area contributed by atoms with E-state index in [2.05, 4.69) is 39.8 Å². The van der Waals surface area contributed by atoms with Gasteiger partial charge in [0.15, 0.2) is 0 Å². The van der Waals surface area contributed by atoms with Crippen molar-refractivity contribution < 1.29 is 4.74 Å². The van der Waals surface area contributed by atoms with Gasteiger partial charge in [-0.25, -0.2) is 0 Å².